The molecule has 1 aromatic heterocycles. The van der Waals surface area contributed by atoms with Crippen molar-refractivity contribution in [3.8, 4) is 6.07 Å². The highest BCUT2D eigenvalue weighted by atomic mass is 14.9. The van der Waals surface area contributed by atoms with Crippen LogP contribution in [-0.4, -0.2) is 4.98 Å². The molecule has 0 saturated carbocycles. The molecule has 19 heavy (non-hydrogen) atoms. The maximum absolute atomic E-state index is 9.20. The normalized spacial score (nSPS) is 10.7. The van der Waals surface area contributed by atoms with Crippen LogP contribution in [0.4, 0.5) is 17.3 Å². The first-order valence-corrected chi connectivity index (χ1v) is 5.69. The number of nitrogens with two attached hydrogens (primary N) is 3. The van der Waals surface area contributed by atoms with Gasteiger partial charge in [0.25, 0.3) is 0 Å². The zero-order valence-corrected chi connectivity index (χ0v) is 10.0. The molecular formula is C14H11N5. The maximum Gasteiger partial charge on any atom is 0.133 e. The van der Waals surface area contributed by atoms with Crippen LogP contribution in [0.5, 0.6) is 0 Å². The number of fused-ring (bicyclic) bond motifs is 3. The van der Waals surface area contributed by atoms with E-state index in [1.165, 1.54) is 0 Å². The van der Waals surface area contributed by atoms with Gasteiger partial charge in [0.05, 0.1) is 11.6 Å². The summed E-state index contributed by atoms with van der Waals surface area (Å²) in [5.41, 5.74) is 18.7. The Hall–Kier alpha value is -3.00. The van der Waals surface area contributed by atoms with E-state index in [-0.39, 0.29) is 5.82 Å². The molecule has 0 radical (unpaired) electrons. The van der Waals surface area contributed by atoms with Crippen LogP contribution in [-0.2, 0) is 0 Å². The number of hydrogen-bond donors (Lipinski definition) is 3. The van der Waals surface area contributed by atoms with Crippen LogP contribution in [0.2, 0.25) is 0 Å². The monoisotopic (exact) mass is 249 g/mol. The van der Waals surface area contributed by atoms with Crippen LogP contribution in [0, 0.1) is 11.3 Å². The highest BCUT2D eigenvalue weighted by Crippen LogP contribution is 2.35. The third kappa shape index (κ3) is 1.51. The SMILES string of the molecule is N#Cc1ccc2ccc3c(N)nc(N)cc(N)c3c12. The Balaban J connectivity index is 2.70. The third-order valence-corrected chi connectivity index (χ3v) is 3.17. The molecule has 1 heterocycles. The van der Waals surface area contributed by atoms with E-state index in [0.29, 0.717) is 22.5 Å². The standard InChI is InChI=1S/C14H11N5/c15-6-8-2-1-7-3-4-9-13(12(7)8)10(16)5-11(17)19-14(9)18/h1-5H,16H2,(H4,17,18,19). The van der Waals surface area contributed by atoms with Gasteiger partial charge in [0, 0.05) is 27.9 Å². The van der Waals surface area contributed by atoms with E-state index < -0.39 is 0 Å². The Bertz CT molecular complexity index is 861. The van der Waals surface area contributed by atoms with Crippen molar-refractivity contribution < 1.29 is 0 Å². The molecule has 0 saturated heterocycles. The summed E-state index contributed by atoms with van der Waals surface area (Å²) < 4.78 is 0. The minimum absolute atomic E-state index is 0.254. The van der Waals surface area contributed by atoms with Gasteiger partial charge >= 0.3 is 0 Å². The molecule has 0 unspecified atom stereocenters. The molecule has 3 rings (SSSR count). The van der Waals surface area contributed by atoms with Crippen molar-refractivity contribution in [2.75, 3.05) is 17.2 Å². The van der Waals surface area contributed by atoms with Gasteiger partial charge in [0.15, 0.2) is 0 Å². The largest absolute Gasteiger partial charge is 0.398 e. The molecule has 2 aromatic carbocycles. The number of hydrogen-bond acceptors (Lipinski definition) is 5. The molecule has 0 spiro atoms. The van der Waals surface area contributed by atoms with E-state index in [0.717, 1.165) is 16.2 Å². The van der Waals surface area contributed by atoms with Gasteiger partial charge in [-0.3, -0.25) is 0 Å². The molecule has 0 aliphatic rings. The number of aromatic nitrogens is 1. The molecule has 3 aromatic rings. The van der Waals surface area contributed by atoms with Crippen molar-refractivity contribution in [1.82, 2.24) is 4.98 Å². The van der Waals surface area contributed by atoms with E-state index in [9.17, 15) is 5.26 Å². The van der Waals surface area contributed by atoms with Crippen LogP contribution < -0.4 is 17.2 Å². The Morgan fingerprint density at radius 2 is 1.74 bits per heavy atom. The fourth-order valence-electron chi connectivity index (χ4n) is 2.37. The molecule has 0 fully saturated rings. The summed E-state index contributed by atoms with van der Waals surface area (Å²) in [4.78, 5) is 4.06. The first kappa shape index (κ1) is 11.1. The second-order valence-electron chi connectivity index (χ2n) is 4.33. The van der Waals surface area contributed by atoms with Gasteiger partial charge in [-0.2, -0.15) is 5.26 Å². The first-order valence-electron chi connectivity index (χ1n) is 5.69. The number of nitriles is 1. The van der Waals surface area contributed by atoms with Gasteiger partial charge in [0.2, 0.25) is 0 Å². The summed E-state index contributed by atoms with van der Waals surface area (Å²) in [6.45, 7) is 0. The van der Waals surface area contributed by atoms with Gasteiger partial charge in [-0.1, -0.05) is 12.1 Å². The highest BCUT2D eigenvalue weighted by molar-refractivity contribution is 6.17. The lowest BCUT2D eigenvalue weighted by atomic mass is 10.0. The quantitative estimate of drug-likeness (QED) is 0.563. The molecule has 0 aliphatic carbocycles. The van der Waals surface area contributed by atoms with Crippen LogP contribution in [0.1, 0.15) is 5.56 Å². The van der Waals surface area contributed by atoms with Gasteiger partial charge in [-0.25, -0.2) is 4.98 Å². The number of nitrogen functional groups attached to an aromatic ring is 3. The fourth-order valence-corrected chi connectivity index (χ4v) is 2.37. The van der Waals surface area contributed by atoms with Gasteiger partial charge in [-0.05, 0) is 17.5 Å². The summed E-state index contributed by atoms with van der Waals surface area (Å²) in [5, 5.41) is 12.4. The number of rotatable bonds is 0. The maximum atomic E-state index is 9.20. The zero-order chi connectivity index (χ0) is 13.6. The highest BCUT2D eigenvalue weighted by Gasteiger charge is 2.11. The Morgan fingerprint density at radius 1 is 1.00 bits per heavy atom. The Kier molecular flexibility index (Phi) is 2.19. The molecule has 0 bridgehead atoms. The van der Waals surface area contributed by atoms with Crippen molar-refractivity contribution in [2.24, 2.45) is 0 Å². The van der Waals surface area contributed by atoms with E-state index in [4.69, 9.17) is 17.2 Å². The molecule has 6 N–H and O–H groups in total. The van der Waals surface area contributed by atoms with E-state index >= 15 is 0 Å². The van der Waals surface area contributed by atoms with Crippen molar-refractivity contribution in [3.63, 3.8) is 0 Å². The number of anilines is 3. The predicted octanol–water partition coefficient (Wildman–Crippen LogP) is 2.01. The fraction of sp³-hybridized carbons (Fsp3) is 0. The first-order chi connectivity index (χ1) is 9.11. The molecule has 5 heteroatoms. The second-order valence-corrected chi connectivity index (χ2v) is 4.33. The minimum atomic E-state index is 0.254. The van der Waals surface area contributed by atoms with E-state index in [1.807, 2.05) is 18.2 Å². The summed E-state index contributed by atoms with van der Waals surface area (Å²) in [7, 11) is 0. The number of benzene rings is 1. The molecule has 0 aliphatic heterocycles. The minimum Gasteiger partial charge on any atom is -0.398 e. The average molecular weight is 249 g/mol. The summed E-state index contributed by atoms with van der Waals surface area (Å²) in [6.07, 6.45) is 0. The lowest BCUT2D eigenvalue weighted by Gasteiger charge is -2.02. The van der Waals surface area contributed by atoms with Gasteiger partial charge in [0.1, 0.15) is 11.6 Å². The smallest absolute Gasteiger partial charge is 0.133 e. The number of nitrogens with zero attached hydrogens (tertiary/aromatic N) is 2. The van der Waals surface area contributed by atoms with Crippen LogP contribution in [0.15, 0.2) is 30.3 Å². The van der Waals surface area contributed by atoms with Crippen molar-refractivity contribution in [2.45, 2.75) is 0 Å². The topological polar surface area (TPSA) is 115 Å². The molecule has 0 amide bonds. The van der Waals surface area contributed by atoms with Crippen molar-refractivity contribution in [3.05, 3.63) is 35.9 Å². The van der Waals surface area contributed by atoms with E-state index in [1.54, 1.807) is 12.1 Å². The summed E-state index contributed by atoms with van der Waals surface area (Å²) in [6, 6.07) is 11.1. The molecule has 0 atom stereocenters. The summed E-state index contributed by atoms with van der Waals surface area (Å²) in [5.74, 6) is 0.556. The Labute approximate surface area is 109 Å². The molecule has 92 valence electrons. The lowest BCUT2D eigenvalue weighted by molar-refractivity contribution is 1.39. The van der Waals surface area contributed by atoms with E-state index in [2.05, 4.69) is 11.1 Å². The zero-order valence-electron chi connectivity index (χ0n) is 10.0. The third-order valence-electron chi connectivity index (χ3n) is 3.17. The summed E-state index contributed by atoms with van der Waals surface area (Å²) >= 11 is 0. The Morgan fingerprint density at radius 3 is 2.47 bits per heavy atom. The van der Waals surface area contributed by atoms with Gasteiger partial charge < -0.3 is 17.2 Å². The van der Waals surface area contributed by atoms with Crippen molar-refractivity contribution >= 4 is 38.9 Å². The van der Waals surface area contributed by atoms with Crippen molar-refractivity contribution in [1.29, 1.82) is 5.26 Å². The van der Waals surface area contributed by atoms with Crippen LogP contribution in [0.3, 0.4) is 0 Å². The van der Waals surface area contributed by atoms with Crippen LogP contribution >= 0.6 is 0 Å². The van der Waals surface area contributed by atoms with Crippen LogP contribution in [0.25, 0.3) is 21.5 Å². The van der Waals surface area contributed by atoms with Gasteiger partial charge in [-0.15, -0.1) is 0 Å². The molecular weight excluding hydrogens is 238 g/mol. The predicted molar refractivity (Wildman–Crippen MR) is 77.2 cm³/mol. The lowest BCUT2D eigenvalue weighted by Crippen LogP contribution is -1.91. The molecule has 5 nitrogen and oxygen atoms in total. The average Bonchev–Trinajstić information content (AvgIpc) is 2.75. The second kappa shape index (κ2) is 3.75.